The monoisotopic (exact) mass is 607 g/mol. The van der Waals surface area contributed by atoms with E-state index in [0.29, 0.717) is 48.0 Å². The van der Waals surface area contributed by atoms with E-state index in [1.807, 2.05) is 79.7 Å². The van der Waals surface area contributed by atoms with Crippen LogP contribution in [0, 0.1) is 5.92 Å². The number of allylic oxidation sites excluding steroid dienone is 2. The summed E-state index contributed by atoms with van der Waals surface area (Å²) in [6.07, 6.45) is 5.85. The largest absolute Gasteiger partial charge is 0.493 e. The van der Waals surface area contributed by atoms with Gasteiger partial charge in [0.1, 0.15) is 24.4 Å². The molecule has 1 heterocycles. The van der Waals surface area contributed by atoms with Crippen molar-refractivity contribution < 1.29 is 28.5 Å². The van der Waals surface area contributed by atoms with E-state index in [1.165, 1.54) is 6.42 Å². The van der Waals surface area contributed by atoms with Gasteiger partial charge in [-0.05, 0) is 85.9 Å². The van der Waals surface area contributed by atoms with E-state index in [1.54, 1.807) is 14.2 Å². The van der Waals surface area contributed by atoms with Crippen molar-refractivity contribution in [3.8, 4) is 17.2 Å². The summed E-state index contributed by atoms with van der Waals surface area (Å²) in [6, 6.07) is 23.6. The fraction of sp³-hybridized carbons (Fsp3) is 0.395. The average molecular weight is 608 g/mol. The SMILES string of the molecule is COc1ccc([C@H]2CC(=O)C3=C(C2)N=C(C)C(C(=O)OC2CCCCC2)[C@@H]3c2cccc(OCc3ccccc3)c2)cc1OC. The topological polar surface area (TPSA) is 83.4 Å². The summed E-state index contributed by atoms with van der Waals surface area (Å²) >= 11 is 0. The van der Waals surface area contributed by atoms with Crippen molar-refractivity contribution in [3.05, 3.63) is 101 Å². The van der Waals surface area contributed by atoms with Crippen molar-refractivity contribution in [2.45, 2.75) is 76.4 Å². The average Bonchev–Trinajstić information content (AvgIpc) is 3.07. The highest BCUT2D eigenvalue weighted by Gasteiger charge is 2.45. The molecule has 0 saturated heterocycles. The number of rotatable bonds is 9. The zero-order valence-corrected chi connectivity index (χ0v) is 26.3. The lowest BCUT2D eigenvalue weighted by Gasteiger charge is -2.37. The molecule has 234 valence electrons. The number of hydrogen-bond donors (Lipinski definition) is 0. The normalized spacial score (nSPS) is 21.9. The first-order valence-electron chi connectivity index (χ1n) is 16.0. The smallest absolute Gasteiger partial charge is 0.315 e. The van der Waals surface area contributed by atoms with Crippen LogP contribution in [-0.4, -0.2) is 37.8 Å². The Morgan fingerprint density at radius 2 is 1.62 bits per heavy atom. The molecule has 45 heavy (non-hydrogen) atoms. The molecule has 3 aromatic carbocycles. The Morgan fingerprint density at radius 1 is 0.844 bits per heavy atom. The standard InChI is InChI=1S/C38H41NO6/c1-24-35(38(41)45-29-14-8-5-9-15-29)36(27-13-10-16-30(19-27)44-23-25-11-6-4-7-12-25)37-31(39-24)20-28(21-32(37)40)26-17-18-33(42-2)34(22-26)43-3/h4,6-7,10-13,16-19,22,28-29,35-36H,5,8-9,14-15,20-21,23H2,1-3H3/t28-,35?,36+/m1/s1. The predicted octanol–water partition coefficient (Wildman–Crippen LogP) is 7.73. The Bertz CT molecular complexity index is 1600. The molecule has 3 aromatic rings. The number of aliphatic imine (C=N–C) groups is 1. The Balaban J connectivity index is 1.35. The van der Waals surface area contributed by atoms with Gasteiger partial charge in [-0.1, -0.05) is 55.0 Å². The maximum Gasteiger partial charge on any atom is 0.315 e. The van der Waals surface area contributed by atoms with Gasteiger partial charge in [-0.2, -0.15) is 0 Å². The van der Waals surface area contributed by atoms with Crippen molar-refractivity contribution in [1.82, 2.24) is 0 Å². The molecule has 1 unspecified atom stereocenters. The summed E-state index contributed by atoms with van der Waals surface area (Å²) in [5.74, 6) is 0.395. The van der Waals surface area contributed by atoms with E-state index in [4.69, 9.17) is 23.9 Å². The Labute approximate surface area is 265 Å². The van der Waals surface area contributed by atoms with Gasteiger partial charge < -0.3 is 18.9 Å². The Kier molecular flexibility index (Phi) is 9.34. The second-order valence-electron chi connectivity index (χ2n) is 12.3. The minimum Gasteiger partial charge on any atom is -0.493 e. The Morgan fingerprint density at radius 3 is 2.38 bits per heavy atom. The molecule has 0 aromatic heterocycles. The van der Waals surface area contributed by atoms with Crippen LogP contribution in [0.2, 0.25) is 0 Å². The van der Waals surface area contributed by atoms with E-state index in [2.05, 4.69) is 0 Å². The molecule has 1 aliphatic heterocycles. The van der Waals surface area contributed by atoms with Crippen molar-refractivity contribution in [1.29, 1.82) is 0 Å². The molecule has 1 fully saturated rings. The second kappa shape index (κ2) is 13.7. The third kappa shape index (κ3) is 6.68. The van der Waals surface area contributed by atoms with Gasteiger partial charge in [0, 0.05) is 29.3 Å². The van der Waals surface area contributed by atoms with E-state index in [9.17, 15) is 9.59 Å². The summed E-state index contributed by atoms with van der Waals surface area (Å²) < 4.78 is 23.3. The van der Waals surface area contributed by atoms with E-state index in [0.717, 1.165) is 48.1 Å². The second-order valence-corrected chi connectivity index (χ2v) is 12.3. The highest BCUT2D eigenvalue weighted by atomic mass is 16.5. The maximum atomic E-state index is 14.2. The van der Waals surface area contributed by atoms with Crippen molar-refractivity contribution in [2.24, 2.45) is 10.9 Å². The van der Waals surface area contributed by atoms with Gasteiger partial charge in [0.25, 0.3) is 0 Å². The van der Waals surface area contributed by atoms with Crippen LogP contribution in [0.25, 0.3) is 0 Å². The minimum atomic E-state index is -0.684. The number of ether oxygens (including phenoxy) is 4. The zero-order chi connectivity index (χ0) is 31.3. The molecule has 2 aliphatic carbocycles. The van der Waals surface area contributed by atoms with Crippen LogP contribution in [0.15, 0.2) is 89.1 Å². The predicted molar refractivity (Wildman–Crippen MR) is 173 cm³/mol. The van der Waals surface area contributed by atoms with Crippen molar-refractivity contribution >= 4 is 17.5 Å². The molecule has 3 atom stereocenters. The van der Waals surface area contributed by atoms with Crippen LogP contribution in [0.3, 0.4) is 0 Å². The molecule has 0 radical (unpaired) electrons. The number of methoxy groups -OCH3 is 2. The summed E-state index contributed by atoms with van der Waals surface area (Å²) in [7, 11) is 3.22. The third-order valence-corrected chi connectivity index (χ3v) is 9.32. The summed E-state index contributed by atoms with van der Waals surface area (Å²) in [5.41, 5.74) is 4.94. The quantitative estimate of drug-likeness (QED) is 0.232. The van der Waals surface area contributed by atoms with Crippen LogP contribution < -0.4 is 14.2 Å². The molecule has 0 bridgehead atoms. The van der Waals surface area contributed by atoms with Gasteiger partial charge in [-0.25, -0.2) is 0 Å². The van der Waals surface area contributed by atoms with Crippen LogP contribution in [0.1, 0.15) is 80.4 Å². The van der Waals surface area contributed by atoms with Gasteiger partial charge in [-0.3, -0.25) is 14.6 Å². The molecule has 1 saturated carbocycles. The van der Waals surface area contributed by atoms with Gasteiger partial charge in [0.05, 0.1) is 14.2 Å². The molecule has 0 spiro atoms. The first-order valence-corrected chi connectivity index (χ1v) is 16.0. The third-order valence-electron chi connectivity index (χ3n) is 9.32. The maximum absolute atomic E-state index is 14.2. The number of nitrogens with zero attached hydrogens (tertiary/aromatic N) is 1. The number of esters is 1. The van der Waals surface area contributed by atoms with Crippen LogP contribution in [0.5, 0.6) is 17.2 Å². The summed E-state index contributed by atoms with van der Waals surface area (Å²) in [5, 5.41) is 0. The highest BCUT2D eigenvalue weighted by molar-refractivity contribution is 6.09. The van der Waals surface area contributed by atoms with Gasteiger partial charge in [0.2, 0.25) is 0 Å². The van der Waals surface area contributed by atoms with E-state index >= 15 is 0 Å². The number of Topliss-reactive ketones (excluding diaryl/α,β-unsaturated/α-hetero) is 1. The molecule has 0 amide bonds. The molecule has 6 rings (SSSR count). The molecular weight excluding hydrogens is 566 g/mol. The van der Waals surface area contributed by atoms with Crippen LogP contribution in [-0.2, 0) is 20.9 Å². The minimum absolute atomic E-state index is 0.00311. The van der Waals surface area contributed by atoms with Crippen molar-refractivity contribution in [2.75, 3.05) is 14.2 Å². The first-order chi connectivity index (χ1) is 21.9. The van der Waals surface area contributed by atoms with Gasteiger partial charge >= 0.3 is 5.97 Å². The van der Waals surface area contributed by atoms with Gasteiger partial charge in [-0.15, -0.1) is 0 Å². The van der Waals surface area contributed by atoms with Gasteiger partial charge in [0.15, 0.2) is 17.3 Å². The Hall–Kier alpha value is -4.39. The number of ketones is 1. The zero-order valence-electron chi connectivity index (χ0n) is 26.3. The summed E-state index contributed by atoms with van der Waals surface area (Å²) in [6.45, 7) is 2.31. The van der Waals surface area contributed by atoms with Crippen molar-refractivity contribution in [3.63, 3.8) is 0 Å². The molecular formula is C38H41NO6. The lowest BCUT2D eigenvalue weighted by atomic mass is 9.69. The lowest BCUT2D eigenvalue weighted by molar-refractivity contribution is -0.153. The number of hydrogen-bond acceptors (Lipinski definition) is 7. The number of carbonyl (C=O) groups excluding carboxylic acids is 2. The number of carbonyl (C=O) groups is 2. The fourth-order valence-corrected chi connectivity index (χ4v) is 7.03. The lowest BCUT2D eigenvalue weighted by Crippen LogP contribution is -2.39. The van der Waals surface area contributed by atoms with E-state index in [-0.39, 0.29) is 23.8 Å². The highest BCUT2D eigenvalue weighted by Crippen LogP contribution is 2.48. The molecule has 0 N–H and O–H groups in total. The van der Waals surface area contributed by atoms with E-state index < -0.39 is 11.8 Å². The molecule has 3 aliphatic rings. The van der Waals surface area contributed by atoms with Crippen LogP contribution in [0.4, 0.5) is 0 Å². The number of benzene rings is 3. The van der Waals surface area contributed by atoms with Crippen LogP contribution >= 0.6 is 0 Å². The fourth-order valence-electron chi connectivity index (χ4n) is 7.03. The first kappa shape index (κ1) is 30.6. The summed E-state index contributed by atoms with van der Waals surface area (Å²) in [4.78, 5) is 33.1. The molecule has 7 nitrogen and oxygen atoms in total. The molecule has 7 heteroatoms.